The van der Waals surface area contributed by atoms with Crippen LogP contribution in [0.15, 0.2) is 0 Å². The molecule has 1 saturated carbocycles. The van der Waals surface area contributed by atoms with Crippen LogP contribution in [0.2, 0.25) is 0 Å². The molecule has 7 heteroatoms. The van der Waals surface area contributed by atoms with Gasteiger partial charge in [-0.3, -0.25) is 0 Å². The van der Waals surface area contributed by atoms with Crippen LogP contribution in [0.3, 0.4) is 0 Å². The van der Waals surface area contributed by atoms with Crippen molar-refractivity contribution < 1.29 is 18.3 Å². The Bertz CT molecular complexity index is 299. The predicted octanol–water partition coefficient (Wildman–Crippen LogP) is -0.638. The Morgan fingerprint density at radius 2 is 1.94 bits per heavy atom. The highest BCUT2D eigenvalue weighted by molar-refractivity contribution is 7.87. The van der Waals surface area contributed by atoms with Crippen LogP contribution < -0.4 is 9.44 Å². The van der Waals surface area contributed by atoms with Crippen LogP contribution in [0.25, 0.3) is 0 Å². The number of hydrogen-bond donors (Lipinski definition) is 3. The highest BCUT2D eigenvalue weighted by Crippen LogP contribution is 2.28. The molecule has 1 aliphatic carbocycles. The van der Waals surface area contributed by atoms with E-state index in [9.17, 15) is 13.5 Å². The molecule has 0 aromatic carbocycles. The molecule has 0 amide bonds. The maximum atomic E-state index is 11.4. The van der Waals surface area contributed by atoms with E-state index >= 15 is 0 Å². The summed E-state index contributed by atoms with van der Waals surface area (Å²) in [5, 5.41) is 9.95. The average Bonchev–Trinajstić information content (AvgIpc) is 2.64. The monoisotopic (exact) mass is 252 g/mol. The Kier molecular flexibility index (Phi) is 5.13. The third-order valence-electron chi connectivity index (χ3n) is 2.72. The van der Waals surface area contributed by atoms with Crippen molar-refractivity contribution in [1.29, 1.82) is 0 Å². The van der Waals surface area contributed by atoms with E-state index in [0.717, 1.165) is 12.8 Å². The summed E-state index contributed by atoms with van der Waals surface area (Å²) in [6.45, 7) is 0.630. The van der Waals surface area contributed by atoms with Gasteiger partial charge in [0.1, 0.15) is 0 Å². The van der Waals surface area contributed by atoms with Crippen LogP contribution in [-0.4, -0.2) is 45.9 Å². The van der Waals surface area contributed by atoms with Gasteiger partial charge in [0.05, 0.1) is 12.2 Å². The van der Waals surface area contributed by atoms with Crippen molar-refractivity contribution in [1.82, 2.24) is 9.44 Å². The Morgan fingerprint density at radius 3 is 2.50 bits per heavy atom. The summed E-state index contributed by atoms with van der Waals surface area (Å²) >= 11 is 0. The van der Waals surface area contributed by atoms with Crippen molar-refractivity contribution in [3.05, 3.63) is 0 Å². The maximum Gasteiger partial charge on any atom is 0.277 e. The van der Waals surface area contributed by atoms with Crippen LogP contribution in [0.1, 0.15) is 25.7 Å². The smallest absolute Gasteiger partial charge is 0.277 e. The highest BCUT2D eigenvalue weighted by atomic mass is 32.2. The first kappa shape index (κ1) is 13.9. The van der Waals surface area contributed by atoms with Gasteiger partial charge in [0, 0.05) is 20.2 Å². The number of aliphatic hydroxyl groups is 1. The van der Waals surface area contributed by atoms with E-state index in [4.69, 9.17) is 4.74 Å². The third kappa shape index (κ3) is 4.75. The molecule has 0 heterocycles. The van der Waals surface area contributed by atoms with Gasteiger partial charge in [-0.1, -0.05) is 12.8 Å². The first-order chi connectivity index (χ1) is 7.47. The minimum absolute atomic E-state index is 0.0787. The molecule has 0 aromatic heterocycles. The Hall–Kier alpha value is -0.210. The zero-order valence-corrected chi connectivity index (χ0v) is 10.3. The molecule has 0 aliphatic heterocycles. The molecule has 0 atom stereocenters. The lowest BCUT2D eigenvalue weighted by atomic mass is 10.0. The summed E-state index contributed by atoms with van der Waals surface area (Å²) in [6.07, 6.45) is 3.23. The zero-order valence-electron chi connectivity index (χ0n) is 9.53. The van der Waals surface area contributed by atoms with E-state index in [-0.39, 0.29) is 13.1 Å². The van der Waals surface area contributed by atoms with Gasteiger partial charge in [-0.05, 0) is 12.8 Å². The molecular formula is C9H20N2O4S. The summed E-state index contributed by atoms with van der Waals surface area (Å²) in [5.41, 5.74) is -0.865. The summed E-state index contributed by atoms with van der Waals surface area (Å²) in [4.78, 5) is 0. The van der Waals surface area contributed by atoms with Crippen molar-refractivity contribution >= 4 is 10.2 Å². The highest BCUT2D eigenvalue weighted by Gasteiger charge is 2.32. The SMILES string of the molecule is COCCNS(=O)(=O)NCC1(O)CCCC1. The van der Waals surface area contributed by atoms with Gasteiger partial charge in [0.15, 0.2) is 0 Å². The Morgan fingerprint density at radius 1 is 1.31 bits per heavy atom. The fourth-order valence-corrected chi connectivity index (χ4v) is 2.68. The van der Waals surface area contributed by atoms with Gasteiger partial charge in [0.2, 0.25) is 0 Å². The van der Waals surface area contributed by atoms with Gasteiger partial charge < -0.3 is 9.84 Å². The van der Waals surface area contributed by atoms with Gasteiger partial charge in [-0.2, -0.15) is 17.9 Å². The minimum atomic E-state index is -3.52. The molecular weight excluding hydrogens is 232 g/mol. The summed E-state index contributed by atoms with van der Waals surface area (Å²) < 4.78 is 32.2. The van der Waals surface area contributed by atoms with Crippen molar-refractivity contribution in [2.24, 2.45) is 0 Å². The second-order valence-electron chi connectivity index (χ2n) is 4.14. The molecule has 1 rings (SSSR count). The molecule has 96 valence electrons. The summed E-state index contributed by atoms with van der Waals surface area (Å²) in [7, 11) is -2.02. The summed E-state index contributed by atoms with van der Waals surface area (Å²) in [5.74, 6) is 0. The van der Waals surface area contributed by atoms with Crippen molar-refractivity contribution in [2.45, 2.75) is 31.3 Å². The fraction of sp³-hybridized carbons (Fsp3) is 1.00. The van der Waals surface area contributed by atoms with Crippen molar-refractivity contribution in [2.75, 3.05) is 26.8 Å². The Labute approximate surface area is 96.6 Å². The molecule has 0 aromatic rings. The zero-order chi connectivity index (χ0) is 12.1. The van der Waals surface area contributed by atoms with Crippen LogP contribution in [-0.2, 0) is 14.9 Å². The predicted molar refractivity (Wildman–Crippen MR) is 60.2 cm³/mol. The normalized spacial score (nSPS) is 20.1. The molecule has 0 spiro atoms. The van der Waals surface area contributed by atoms with Gasteiger partial charge >= 0.3 is 0 Å². The number of rotatable bonds is 7. The number of hydrogen-bond acceptors (Lipinski definition) is 4. The lowest BCUT2D eigenvalue weighted by Crippen LogP contribution is -2.46. The standard InChI is InChI=1S/C9H20N2O4S/c1-15-7-6-10-16(13,14)11-8-9(12)4-2-3-5-9/h10-12H,2-8H2,1H3. The van der Waals surface area contributed by atoms with E-state index in [0.29, 0.717) is 19.4 Å². The average molecular weight is 252 g/mol. The molecule has 6 nitrogen and oxygen atoms in total. The largest absolute Gasteiger partial charge is 0.389 e. The molecule has 1 fully saturated rings. The lowest BCUT2D eigenvalue weighted by molar-refractivity contribution is 0.0531. The van der Waals surface area contributed by atoms with Crippen molar-refractivity contribution in [3.63, 3.8) is 0 Å². The van der Waals surface area contributed by atoms with E-state index in [1.54, 1.807) is 0 Å². The molecule has 0 saturated heterocycles. The second-order valence-corrected chi connectivity index (χ2v) is 5.73. The van der Waals surface area contributed by atoms with E-state index in [1.165, 1.54) is 7.11 Å². The molecule has 16 heavy (non-hydrogen) atoms. The van der Waals surface area contributed by atoms with Gasteiger partial charge in [-0.25, -0.2) is 0 Å². The van der Waals surface area contributed by atoms with E-state index in [2.05, 4.69) is 9.44 Å². The van der Waals surface area contributed by atoms with Gasteiger partial charge in [0.25, 0.3) is 10.2 Å². The third-order valence-corrected chi connectivity index (χ3v) is 3.83. The van der Waals surface area contributed by atoms with Crippen LogP contribution in [0, 0.1) is 0 Å². The fourth-order valence-electron chi connectivity index (χ4n) is 1.77. The van der Waals surface area contributed by atoms with Crippen LogP contribution >= 0.6 is 0 Å². The lowest BCUT2D eigenvalue weighted by Gasteiger charge is -2.22. The number of methoxy groups -OCH3 is 1. The first-order valence-corrected chi connectivity index (χ1v) is 6.91. The van der Waals surface area contributed by atoms with Crippen molar-refractivity contribution in [3.8, 4) is 0 Å². The number of nitrogens with one attached hydrogen (secondary N) is 2. The first-order valence-electron chi connectivity index (χ1n) is 5.43. The number of ether oxygens (including phenoxy) is 1. The van der Waals surface area contributed by atoms with E-state index in [1.807, 2.05) is 0 Å². The van der Waals surface area contributed by atoms with E-state index < -0.39 is 15.8 Å². The Balaban J connectivity index is 2.30. The minimum Gasteiger partial charge on any atom is -0.389 e. The molecule has 3 N–H and O–H groups in total. The second kappa shape index (κ2) is 5.92. The topological polar surface area (TPSA) is 87.7 Å². The summed E-state index contributed by atoms with van der Waals surface area (Å²) in [6, 6.07) is 0. The molecule has 0 unspecified atom stereocenters. The molecule has 0 radical (unpaired) electrons. The maximum absolute atomic E-state index is 11.4. The van der Waals surface area contributed by atoms with Gasteiger partial charge in [-0.15, -0.1) is 0 Å². The molecule has 1 aliphatic rings. The van der Waals surface area contributed by atoms with Crippen LogP contribution in [0.5, 0.6) is 0 Å². The molecule has 0 bridgehead atoms. The quantitative estimate of drug-likeness (QED) is 0.526. The van der Waals surface area contributed by atoms with Crippen LogP contribution in [0.4, 0.5) is 0 Å².